The SMILES string of the molecule is CCCCCCCCCCCCCCC[C@@H](NC(=O)[C@@H](NC(=O)NC(=O)N[C@H](C(=O)O)C(C)C)[C@@H]1CCNC(N)=N1)C(=O)NCCCN[C@H](C(=O)O)[C@H](OC1O[C@H](CN)[C@@H](O)[C@H]1O)[C@H]1O[C@@H](n2ccc(=O)[nH]c2=O)C(O)[C@@H]1O. The van der Waals surface area contributed by atoms with Crippen molar-refractivity contribution in [2.45, 2.75) is 209 Å². The van der Waals surface area contributed by atoms with Gasteiger partial charge in [0.1, 0.15) is 66.9 Å². The number of nitrogens with zero attached hydrogens (tertiary/aromatic N) is 2. The van der Waals surface area contributed by atoms with Gasteiger partial charge in [0.15, 0.2) is 18.5 Å². The zero-order chi connectivity index (χ0) is 57.5. The van der Waals surface area contributed by atoms with Gasteiger partial charge in [-0.25, -0.2) is 24.2 Å². The number of ether oxygens (including phenoxy) is 3. The van der Waals surface area contributed by atoms with Gasteiger partial charge in [-0.15, -0.1) is 0 Å². The van der Waals surface area contributed by atoms with Crippen molar-refractivity contribution < 1.29 is 73.6 Å². The molecule has 29 nitrogen and oxygen atoms in total. The summed E-state index contributed by atoms with van der Waals surface area (Å²) in [6.07, 6.45) is -0.0633. The Balaban J connectivity index is 1.47. The quantitative estimate of drug-likeness (QED) is 0.0321. The standard InChI is InChI=1S/C49H84N12O17/c1-4-5-6-7-8-9-10-11-12-13-14-15-16-18-28(55-41(68)32(27-19-23-54-46(51)56-27)59-48(74)60-47(73)58-31(26(2)3)43(69)70)40(67)53-22-17-21-52-33(44(71)72)38(78-45-37(66)34(63)29(25-50)76-45)39-35(64)36(65)42(77-39)61-24-20-30(62)57-49(61)75/h20,24,26-29,31-39,42,45,52,63-66H,4-19,21-23,25,50H2,1-3H3,(H,53,67)(H,55,68)(H,69,70)(H,71,72)(H3,51,54,56)(H,57,62,75)(H3,58,59,60,73,74)/t27-,28+,29+,31-,32-,33-,34+,35-,36?,37+,38-,39-,42+,45?/m0/s1. The number of aliphatic imine (C=N–C) groups is 1. The van der Waals surface area contributed by atoms with Crippen molar-refractivity contribution >= 4 is 41.8 Å². The Morgan fingerprint density at radius 1 is 0.782 bits per heavy atom. The fraction of sp³-hybridized carbons (Fsp3) is 0.776. The Morgan fingerprint density at radius 2 is 1.40 bits per heavy atom. The number of carbonyl (C=O) groups excluding carboxylic acids is 4. The van der Waals surface area contributed by atoms with E-state index in [9.17, 15) is 69.0 Å². The minimum Gasteiger partial charge on any atom is -0.480 e. The number of H-pyrrole nitrogens is 1. The zero-order valence-corrected chi connectivity index (χ0v) is 44.7. The molecule has 0 radical (unpaired) electrons. The van der Waals surface area contributed by atoms with Crippen LogP contribution in [0.3, 0.4) is 0 Å². The third-order valence-electron chi connectivity index (χ3n) is 13.9. The number of guanidine groups is 1. The number of rotatable bonds is 34. The lowest BCUT2D eigenvalue weighted by Crippen LogP contribution is -2.61. The molecule has 0 aliphatic carbocycles. The predicted molar refractivity (Wildman–Crippen MR) is 279 cm³/mol. The number of aromatic amines is 1. The summed E-state index contributed by atoms with van der Waals surface area (Å²) >= 11 is 0. The highest BCUT2D eigenvalue weighted by Gasteiger charge is 2.54. The lowest BCUT2D eigenvalue weighted by molar-refractivity contribution is -0.228. The molecule has 3 aliphatic rings. The second kappa shape index (κ2) is 33.0. The number of aliphatic hydroxyl groups is 4. The number of carboxylic acids is 2. The first-order valence-electron chi connectivity index (χ1n) is 27.1. The second-order valence-electron chi connectivity index (χ2n) is 20.3. The van der Waals surface area contributed by atoms with E-state index in [1.54, 1.807) is 13.8 Å². The monoisotopic (exact) mass is 1110 g/mol. The van der Waals surface area contributed by atoms with E-state index in [0.717, 1.165) is 48.9 Å². The predicted octanol–water partition coefficient (Wildman–Crippen LogP) is -2.38. The summed E-state index contributed by atoms with van der Waals surface area (Å²) in [5, 5.41) is 81.3. The first-order chi connectivity index (χ1) is 37.2. The average Bonchev–Trinajstić information content (AvgIpc) is 3.89. The van der Waals surface area contributed by atoms with Gasteiger partial charge in [0, 0.05) is 31.9 Å². The molecule has 0 aromatic carbocycles. The molecule has 442 valence electrons. The van der Waals surface area contributed by atoms with Crippen LogP contribution in [0.5, 0.6) is 0 Å². The fourth-order valence-electron chi connectivity index (χ4n) is 9.44. The van der Waals surface area contributed by atoms with Crippen LogP contribution < -0.4 is 59.9 Å². The fourth-order valence-corrected chi connectivity index (χ4v) is 9.44. The van der Waals surface area contributed by atoms with Crippen molar-refractivity contribution in [3.05, 3.63) is 33.1 Å². The third-order valence-corrected chi connectivity index (χ3v) is 13.9. The van der Waals surface area contributed by atoms with Gasteiger partial charge < -0.3 is 88.2 Å². The molecular formula is C49H84N12O17. The topological polar surface area (TPSA) is 455 Å². The number of hydrogen-bond donors (Lipinski definition) is 16. The van der Waals surface area contributed by atoms with Crippen LogP contribution in [0.4, 0.5) is 9.59 Å². The van der Waals surface area contributed by atoms with Crippen LogP contribution in [-0.2, 0) is 33.4 Å². The molecule has 4 heterocycles. The molecule has 4 rings (SSSR count). The van der Waals surface area contributed by atoms with Crippen LogP contribution in [0, 0.1) is 5.92 Å². The number of unbranched alkanes of at least 4 members (excludes halogenated alkanes) is 12. The number of aromatic nitrogens is 2. The van der Waals surface area contributed by atoms with Gasteiger partial charge in [-0.1, -0.05) is 104 Å². The van der Waals surface area contributed by atoms with E-state index >= 15 is 0 Å². The molecule has 14 atom stereocenters. The highest BCUT2D eigenvalue weighted by Crippen LogP contribution is 2.34. The highest BCUT2D eigenvalue weighted by molar-refractivity contribution is 5.98. The van der Waals surface area contributed by atoms with Gasteiger partial charge in [-0.05, 0) is 31.7 Å². The minimum atomic E-state index is -1.94. The summed E-state index contributed by atoms with van der Waals surface area (Å²) in [7, 11) is 0. The van der Waals surface area contributed by atoms with Crippen molar-refractivity contribution in [2.24, 2.45) is 22.4 Å². The van der Waals surface area contributed by atoms with E-state index in [-0.39, 0.29) is 51.4 Å². The average molecular weight is 1110 g/mol. The number of imide groups is 1. The number of urea groups is 2. The van der Waals surface area contributed by atoms with Crippen LogP contribution >= 0.6 is 0 Å². The van der Waals surface area contributed by atoms with E-state index in [0.29, 0.717) is 6.42 Å². The number of amides is 6. The molecule has 29 heteroatoms. The highest BCUT2D eigenvalue weighted by atomic mass is 16.7. The molecular weight excluding hydrogens is 1030 g/mol. The van der Waals surface area contributed by atoms with Crippen LogP contribution in [0.15, 0.2) is 26.8 Å². The summed E-state index contributed by atoms with van der Waals surface area (Å²) in [6, 6.07) is -8.15. The molecule has 18 N–H and O–H groups in total. The molecule has 0 saturated carbocycles. The van der Waals surface area contributed by atoms with Crippen LogP contribution in [0.25, 0.3) is 0 Å². The molecule has 1 aromatic rings. The van der Waals surface area contributed by atoms with Gasteiger partial charge in [-0.2, -0.15) is 0 Å². The normalized spacial score (nSPS) is 24.9. The van der Waals surface area contributed by atoms with E-state index in [2.05, 4.69) is 43.8 Å². The Hall–Kier alpha value is -5.79. The first kappa shape index (κ1) is 64.7. The Kier molecular flexibility index (Phi) is 27.3. The van der Waals surface area contributed by atoms with E-state index in [1.807, 2.05) is 10.3 Å². The van der Waals surface area contributed by atoms with Crippen LogP contribution in [0.1, 0.15) is 130 Å². The second-order valence-corrected chi connectivity index (χ2v) is 20.3. The van der Waals surface area contributed by atoms with Gasteiger partial charge in [-0.3, -0.25) is 34.0 Å². The van der Waals surface area contributed by atoms with Crippen LogP contribution in [-0.4, -0.2) is 187 Å². The first-order valence-corrected chi connectivity index (χ1v) is 27.1. The van der Waals surface area contributed by atoms with Gasteiger partial charge in [0.25, 0.3) is 5.56 Å². The maximum Gasteiger partial charge on any atom is 0.330 e. The maximum atomic E-state index is 14.2. The summed E-state index contributed by atoms with van der Waals surface area (Å²) < 4.78 is 18.1. The van der Waals surface area contributed by atoms with Crippen molar-refractivity contribution in [1.82, 2.24) is 46.8 Å². The van der Waals surface area contributed by atoms with Crippen molar-refractivity contribution in [1.29, 1.82) is 0 Å². The number of aliphatic hydroxyl groups excluding tert-OH is 4. The molecule has 2 unspecified atom stereocenters. The molecule has 2 saturated heterocycles. The Morgan fingerprint density at radius 3 is 1.96 bits per heavy atom. The van der Waals surface area contributed by atoms with E-state index in [4.69, 9.17) is 25.7 Å². The van der Waals surface area contributed by atoms with Gasteiger partial charge >= 0.3 is 29.7 Å². The van der Waals surface area contributed by atoms with Crippen LogP contribution in [0.2, 0.25) is 0 Å². The lowest BCUT2D eigenvalue weighted by atomic mass is 9.98. The molecule has 0 spiro atoms. The zero-order valence-electron chi connectivity index (χ0n) is 44.7. The largest absolute Gasteiger partial charge is 0.480 e. The van der Waals surface area contributed by atoms with E-state index < -0.39 is 138 Å². The Bertz CT molecular complexity index is 2240. The Labute approximate surface area is 451 Å². The summed E-state index contributed by atoms with van der Waals surface area (Å²) in [5.41, 5.74) is 9.82. The maximum absolute atomic E-state index is 14.2. The lowest BCUT2D eigenvalue weighted by Gasteiger charge is -2.33. The van der Waals surface area contributed by atoms with Gasteiger partial charge in [0.05, 0.1) is 6.04 Å². The molecule has 1 aromatic heterocycles. The molecule has 0 bridgehead atoms. The van der Waals surface area contributed by atoms with Gasteiger partial charge in [0.2, 0.25) is 11.8 Å². The molecule has 3 aliphatic heterocycles. The number of carboxylic acid groups (broad SMARTS) is 2. The number of hydrogen-bond acceptors (Lipinski definition) is 20. The smallest absolute Gasteiger partial charge is 0.330 e. The molecule has 6 amide bonds. The molecule has 78 heavy (non-hydrogen) atoms. The van der Waals surface area contributed by atoms with Crippen molar-refractivity contribution in [3.8, 4) is 0 Å². The minimum absolute atomic E-state index is 0.0250. The number of nitrogens with two attached hydrogens (primary N) is 2. The number of aliphatic carboxylic acids is 2. The number of carbonyl (C=O) groups is 6. The number of nitrogens with one attached hydrogen (secondary N) is 8. The summed E-state index contributed by atoms with van der Waals surface area (Å²) in [4.78, 5) is 109. The van der Waals surface area contributed by atoms with Crippen molar-refractivity contribution in [3.63, 3.8) is 0 Å². The third kappa shape index (κ3) is 19.8. The summed E-state index contributed by atoms with van der Waals surface area (Å²) in [5.74, 6) is -4.96. The molecule has 2 fully saturated rings. The van der Waals surface area contributed by atoms with E-state index in [1.165, 1.54) is 44.9 Å². The van der Waals surface area contributed by atoms with Crippen molar-refractivity contribution in [2.75, 3.05) is 26.2 Å². The summed E-state index contributed by atoms with van der Waals surface area (Å²) in [6.45, 7) is 5.00.